The molecule has 0 bridgehead atoms. The van der Waals surface area contributed by atoms with Crippen LogP contribution in [0.1, 0.15) is 40.0 Å². The van der Waals surface area contributed by atoms with E-state index in [1.54, 1.807) is 6.92 Å². The lowest BCUT2D eigenvalue weighted by atomic mass is 9.91. The van der Waals surface area contributed by atoms with Gasteiger partial charge in [-0.15, -0.1) is 0 Å². The van der Waals surface area contributed by atoms with Crippen molar-refractivity contribution in [2.75, 3.05) is 0 Å². The van der Waals surface area contributed by atoms with Gasteiger partial charge in [0.2, 0.25) is 0 Å². The number of hydrogen-bond donors (Lipinski definition) is 2. The summed E-state index contributed by atoms with van der Waals surface area (Å²) in [5.41, 5.74) is -0.547. The van der Waals surface area contributed by atoms with E-state index in [0.29, 0.717) is 19.3 Å². The maximum absolute atomic E-state index is 9.09. The first-order valence-electron chi connectivity index (χ1n) is 4.11. The molecule has 0 aromatic rings. The smallest absolute Gasteiger partial charge is 0.105 e. The molecule has 0 aliphatic rings. The zero-order chi connectivity index (χ0) is 8.91. The molecule has 0 spiro atoms. The predicted molar refractivity (Wildman–Crippen MR) is 43.3 cm³/mol. The molecule has 3 nitrogen and oxygen atoms in total. The van der Waals surface area contributed by atoms with E-state index >= 15 is 0 Å². The fourth-order valence-electron chi connectivity index (χ4n) is 1.24. The van der Waals surface area contributed by atoms with E-state index < -0.39 is 11.7 Å². The van der Waals surface area contributed by atoms with Crippen molar-refractivity contribution in [2.45, 2.75) is 51.7 Å². The maximum Gasteiger partial charge on any atom is 0.105 e. The van der Waals surface area contributed by atoms with Crippen LogP contribution in [0.25, 0.3) is 0 Å². The first-order valence-corrected chi connectivity index (χ1v) is 4.11. The molecule has 0 saturated heterocycles. The van der Waals surface area contributed by atoms with Crippen molar-refractivity contribution in [3.8, 4) is 0 Å². The third-order valence-corrected chi connectivity index (χ3v) is 2.15. The third-order valence-electron chi connectivity index (χ3n) is 2.15. The molecule has 0 heterocycles. The molecule has 0 rings (SSSR count). The van der Waals surface area contributed by atoms with Crippen molar-refractivity contribution in [3.05, 3.63) is 0 Å². The quantitative estimate of drug-likeness (QED) is 0.478. The highest BCUT2D eigenvalue weighted by Crippen LogP contribution is 2.24. The summed E-state index contributed by atoms with van der Waals surface area (Å²) in [5, 5.41) is 17.7. The van der Waals surface area contributed by atoms with Crippen molar-refractivity contribution in [1.29, 1.82) is 0 Å². The number of aliphatic hydroxyl groups is 1. The van der Waals surface area contributed by atoms with E-state index in [0.717, 1.165) is 0 Å². The van der Waals surface area contributed by atoms with E-state index in [1.807, 2.05) is 13.8 Å². The van der Waals surface area contributed by atoms with Gasteiger partial charge in [-0.2, -0.15) is 0 Å². The van der Waals surface area contributed by atoms with Crippen LogP contribution >= 0.6 is 0 Å². The van der Waals surface area contributed by atoms with Gasteiger partial charge < -0.3 is 5.11 Å². The number of aliphatic hydroxyl groups excluding tert-OH is 1. The van der Waals surface area contributed by atoms with Crippen LogP contribution in [0.4, 0.5) is 0 Å². The molecule has 68 valence electrons. The standard InChI is InChI=1S/C8H18O3/c1-4-8(5-2,11-10)6-7(3)9/h7,9-10H,4-6H2,1-3H3. The van der Waals surface area contributed by atoms with E-state index in [2.05, 4.69) is 4.89 Å². The van der Waals surface area contributed by atoms with Crippen molar-refractivity contribution >= 4 is 0 Å². The Morgan fingerprint density at radius 2 is 1.82 bits per heavy atom. The summed E-state index contributed by atoms with van der Waals surface area (Å²) in [7, 11) is 0. The predicted octanol–water partition coefficient (Wildman–Crippen LogP) is 1.81. The Bertz CT molecular complexity index is 89.2. The van der Waals surface area contributed by atoms with Crippen LogP contribution in [0.5, 0.6) is 0 Å². The average molecular weight is 162 g/mol. The average Bonchev–Trinajstić information content (AvgIpc) is 2.00. The summed E-state index contributed by atoms with van der Waals surface area (Å²) in [6.07, 6.45) is 1.48. The summed E-state index contributed by atoms with van der Waals surface area (Å²) >= 11 is 0. The summed E-state index contributed by atoms with van der Waals surface area (Å²) in [4.78, 5) is 4.39. The largest absolute Gasteiger partial charge is 0.393 e. The first kappa shape index (κ1) is 10.9. The van der Waals surface area contributed by atoms with Gasteiger partial charge in [-0.3, -0.25) is 5.26 Å². The fourth-order valence-corrected chi connectivity index (χ4v) is 1.24. The highest BCUT2D eigenvalue weighted by molar-refractivity contribution is 4.78. The highest BCUT2D eigenvalue weighted by Gasteiger charge is 2.28. The lowest BCUT2D eigenvalue weighted by Crippen LogP contribution is -2.33. The lowest BCUT2D eigenvalue weighted by Gasteiger charge is -2.28. The first-order chi connectivity index (χ1) is 5.10. The molecule has 0 amide bonds. The van der Waals surface area contributed by atoms with Crippen molar-refractivity contribution in [1.82, 2.24) is 0 Å². The molecule has 1 atom stereocenters. The molecule has 0 aromatic carbocycles. The molecule has 0 fully saturated rings. The molecule has 0 aliphatic carbocycles. The molecular weight excluding hydrogens is 144 g/mol. The Morgan fingerprint density at radius 3 is 1.91 bits per heavy atom. The van der Waals surface area contributed by atoms with Gasteiger partial charge in [-0.25, -0.2) is 4.89 Å². The van der Waals surface area contributed by atoms with Crippen LogP contribution < -0.4 is 0 Å². The molecule has 0 saturated carbocycles. The van der Waals surface area contributed by atoms with Crippen LogP contribution in [0, 0.1) is 0 Å². The minimum absolute atomic E-state index is 0.429. The van der Waals surface area contributed by atoms with Gasteiger partial charge in [0.25, 0.3) is 0 Å². The second-order valence-electron chi connectivity index (χ2n) is 3.03. The topological polar surface area (TPSA) is 49.7 Å². The third kappa shape index (κ3) is 3.18. The van der Waals surface area contributed by atoms with E-state index in [1.165, 1.54) is 0 Å². The van der Waals surface area contributed by atoms with Crippen LogP contribution in [-0.4, -0.2) is 22.1 Å². The van der Waals surface area contributed by atoms with Gasteiger partial charge in [0.05, 0.1) is 6.10 Å². The van der Waals surface area contributed by atoms with E-state index in [4.69, 9.17) is 10.4 Å². The van der Waals surface area contributed by atoms with Gasteiger partial charge in [0, 0.05) is 6.42 Å². The summed E-state index contributed by atoms with van der Waals surface area (Å²) < 4.78 is 0. The lowest BCUT2D eigenvalue weighted by molar-refractivity contribution is -0.330. The van der Waals surface area contributed by atoms with Crippen molar-refractivity contribution < 1.29 is 15.3 Å². The van der Waals surface area contributed by atoms with Gasteiger partial charge in [0.1, 0.15) is 5.60 Å². The SMILES string of the molecule is CCC(CC)(CC(C)O)OO. The van der Waals surface area contributed by atoms with Crippen molar-refractivity contribution in [2.24, 2.45) is 0 Å². The highest BCUT2D eigenvalue weighted by atomic mass is 17.1. The number of hydrogen-bond acceptors (Lipinski definition) is 3. The van der Waals surface area contributed by atoms with Gasteiger partial charge >= 0.3 is 0 Å². The van der Waals surface area contributed by atoms with Crippen LogP contribution in [0.2, 0.25) is 0 Å². The molecule has 0 radical (unpaired) electrons. The van der Waals surface area contributed by atoms with Crippen LogP contribution in [0.15, 0.2) is 0 Å². The second kappa shape index (κ2) is 4.70. The summed E-state index contributed by atoms with van der Waals surface area (Å²) in [6, 6.07) is 0. The zero-order valence-electron chi connectivity index (χ0n) is 7.50. The minimum atomic E-state index is -0.547. The zero-order valence-corrected chi connectivity index (χ0v) is 7.50. The summed E-state index contributed by atoms with van der Waals surface area (Å²) in [5.74, 6) is 0. The van der Waals surface area contributed by atoms with Gasteiger partial charge in [-0.05, 0) is 19.8 Å². The van der Waals surface area contributed by atoms with E-state index in [-0.39, 0.29) is 0 Å². The summed E-state index contributed by atoms with van der Waals surface area (Å²) in [6.45, 7) is 5.56. The Hall–Kier alpha value is -0.120. The Balaban J connectivity index is 4.05. The maximum atomic E-state index is 9.09. The van der Waals surface area contributed by atoms with Crippen LogP contribution in [0.3, 0.4) is 0 Å². The fraction of sp³-hybridized carbons (Fsp3) is 1.00. The molecule has 0 aliphatic heterocycles. The molecule has 2 N–H and O–H groups in total. The molecular formula is C8H18O3. The van der Waals surface area contributed by atoms with Crippen LogP contribution in [-0.2, 0) is 4.89 Å². The Morgan fingerprint density at radius 1 is 1.36 bits per heavy atom. The molecule has 0 aromatic heterocycles. The second-order valence-corrected chi connectivity index (χ2v) is 3.03. The Kier molecular flexibility index (Phi) is 4.65. The molecule has 3 heteroatoms. The van der Waals surface area contributed by atoms with Gasteiger partial charge in [-0.1, -0.05) is 13.8 Å². The number of rotatable bonds is 5. The molecule has 11 heavy (non-hydrogen) atoms. The van der Waals surface area contributed by atoms with Gasteiger partial charge in [0.15, 0.2) is 0 Å². The minimum Gasteiger partial charge on any atom is -0.393 e. The molecule has 1 unspecified atom stereocenters. The van der Waals surface area contributed by atoms with Crippen molar-refractivity contribution in [3.63, 3.8) is 0 Å². The monoisotopic (exact) mass is 162 g/mol. The Labute approximate surface area is 67.9 Å². The normalized spacial score (nSPS) is 15.0. The van der Waals surface area contributed by atoms with E-state index in [9.17, 15) is 0 Å².